The van der Waals surface area contributed by atoms with Gasteiger partial charge in [0.15, 0.2) is 0 Å². The number of pyridine rings is 1. The summed E-state index contributed by atoms with van der Waals surface area (Å²) in [5.74, 6) is -0.888. The second kappa shape index (κ2) is 9.34. The Hall–Kier alpha value is -3.99. The summed E-state index contributed by atoms with van der Waals surface area (Å²) >= 11 is 5.86. The number of nitrogens with one attached hydrogen (secondary N) is 2. The van der Waals surface area contributed by atoms with Crippen LogP contribution >= 0.6 is 11.6 Å². The van der Waals surface area contributed by atoms with Gasteiger partial charge in [0, 0.05) is 39.3 Å². The average Bonchev–Trinajstić information content (AvgIpc) is 2.79. The van der Waals surface area contributed by atoms with Crippen LogP contribution in [0.3, 0.4) is 0 Å². The molecule has 0 saturated heterocycles. The van der Waals surface area contributed by atoms with Gasteiger partial charge in [0.1, 0.15) is 4.90 Å². The summed E-state index contributed by atoms with van der Waals surface area (Å²) in [6.45, 7) is 1.85. The van der Waals surface area contributed by atoms with Gasteiger partial charge in [0.05, 0.1) is 10.5 Å². The van der Waals surface area contributed by atoms with Gasteiger partial charge >= 0.3 is 0 Å². The predicted octanol–water partition coefficient (Wildman–Crippen LogP) is 3.93. The topological polar surface area (TPSA) is 157 Å². The number of sulfonamides is 1. The predicted molar refractivity (Wildman–Crippen MR) is 136 cm³/mol. The van der Waals surface area contributed by atoms with Crippen LogP contribution in [-0.2, 0) is 10.0 Å². The van der Waals surface area contributed by atoms with Crippen molar-refractivity contribution >= 4 is 61.4 Å². The molecular weight excluding hydrogens is 490 g/mol. The van der Waals surface area contributed by atoms with Crippen molar-refractivity contribution in [1.29, 1.82) is 0 Å². The van der Waals surface area contributed by atoms with Crippen molar-refractivity contribution in [1.82, 2.24) is 4.98 Å². The Bertz CT molecular complexity index is 1590. The number of fused-ring (bicyclic) bond motifs is 1. The normalized spacial score (nSPS) is 11.3. The summed E-state index contributed by atoms with van der Waals surface area (Å²) in [4.78, 5) is 29.3. The maximum absolute atomic E-state index is 12.7. The fraction of sp³-hybridized carbons (Fsp3) is 0.0417. The molecule has 9 nitrogen and oxygen atoms in total. The zero-order valence-corrected chi connectivity index (χ0v) is 19.9. The van der Waals surface area contributed by atoms with Crippen molar-refractivity contribution in [2.75, 3.05) is 16.4 Å². The molecule has 0 aliphatic carbocycles. The molecule has 0 bridgehead atoms. The van der Waals surface area contributed by atoms with Gasteiger partial charge in [0.25, 0.3) is 11.8 Å². The van der Waals surface area contributed by atoms with Crippen molar-refractivity contribution in [2.24, 2.45) is 5.14 Å². The molecule has 3 aromatic carbocycles. The third-order valence-corrected chi connectivity index (χ3v) is 6.52. The molecule has 2 amide bonds. The van der Waals surface area contributed by atoms with Crippen LogP contribution < -0.4 is 21.5 Å². The third kappa shape index (κ3) is 5.40. The van der Waals surface area contributed by atoms with Crippen molar-refractivity contribution in [3.8, 4) is 0 Å². The zero-order valence-electron chi connectivity index (χ0n) is 18.4. The summed E-state index contributed by atoms with van der Waals surface area (Å²) in [5, 5.41) is 11.2. The number of halogens is 1. The number of nitrogens with two attached hydrogens (primary N) is 2. The van der Waals surface area contributed by atoms with E-state index < -0.39 is 15.9 Å². The van der Waals surface area contributed by atoms with Gasteiger partial charge in [-0.15, -0.1) is 0 Å². The number of carbonyl (C=O) groups excluding carboxylic acids is 2. The van der Waals surface area contributed by atoms with E-state index in [0.717, 1.165) is 11.8 Å². The molecule has 0 saturated carbocycles. The Morgan fingerprint density at radius 1 is 0.857 bits per heavy atom. The number of aryl methyl sites for hydroxylation is 1. The Kier molecular flexibility index (Phi) is 6.44. The van der Waals surface area contributed by atoms with Crippen LogP contribution in [0.2, 0.25) is 5.02 Å². The van der Waals surface area contributed by atoms with E-state index in [9.17, 15) is 18.0 Å². The Morgan fingerprint density at radius 2 is 1.40 bits per heavy atom. The molecule has 11 heteroatoms. The second-order valence-corrected chi connectivity index (χ2v) is 9.70. The number of rotatable bonds is 5. The van der Waals surface area contributed by atoms with E-state index in [4.69, 9.17) is 22.5 Å². The second-order valence-electron chi connectivity index (χ2n) is 7.76. The molecule has 4 rings (SSSR count). The van der Waals surface area contributed by atoms with Crippen LogP contribution in [0, 0.1) is 6.92 Å². The minimum absolute atomic E-state index is 0.0658. The number of aromatic nitrogens is 1. The first-order valence-electron chi connectivity index (χ1n) is 10.2. The van der Waals surface area contributed by atoms with Crippen molar-refractivity contribution in [3.05, 3.63) is 88.6 Å². The average molecular weight is 510 g/mol. The fourth-order valence-corrected chi connectivity index (χ4v) is 4.51. The van der Waals surface area contributed by atoms with E-state index in [2.05, 4.69) is 15.6 Å². The van der Waals surface area contributed by atoms with E-state index >= 15 is 0 Å². The zero-order chi connectivity index (χ0) is 25.3. The van der Waals surface area contributed by atoms with E-state index in [0.29, 0.717) is 33.5 Å². The number of amides is 2. The molecule has 0 fully saturated rings. The molecule has 0 unspecified atom stereocenters. The van der Waals surface area contributed by atoms with Gasteiger partial charge < -0.3 is 16.4 Å². The smallest absolute Gasteiger partial charge is 0.255 e. The van der Waals surface area contributed by atoms with E-state index in [1.54, 1.807) is 48.5 Å². The number of benzene rings is 3. The molecule has 0 aliphatic rings. The van der Waals surface area contributed by atoms with Crippen LogP contribution in [0.1, 0.15) is 26.4 Å². The number of primary sulfonamides is 1. The molecule has 1 heterocycles. The largest absolute Gasteiger partial charge is 0.398 e. The van der Waals surface area contributed by atoms with Gasteiger partial charge in [-0.25, -0.2) is 13.6 Å². The first-order valence-corrected chi connectivity index (χ1v) is 12.2. The third-order valence-electron chi connectivity index (χ3n) is 5.13. The standard InChI is InChI=1S/C24H20ClN5O4S/c1-13-10-20(26)18-11-14(3-9-21(18)28-13)23(31)29-16-4-6-17(7-5-16)30-24(32)15-2-8-19(25)22(12-15)35(27,33)34/h2-12H,1H3,(H2,26,28)(H,29,31)(H,30,32)(H2,27,33,34). The number of nitrogens with zero attached hydrogens (tertiary/aromatic N) is 1. The molecule has 0 atom stereocenters. The Balaban J connectivity index is 1.46. The first kappa shape index (κ1) is 24.1. The quantitative estimate of drug-likeness (QED) is 0.319. The number of nitrogen functional groups attached to an aromatic ring is 1. The molecule has 35 heavy (non-hydrogen) atoms. The molecule has 4 aromatic rings. The SMILES string of the molecule is Cc1cc(N)c2cc(C(=O)Nc3ccc(NC(=O)c4ccc(Cl)c(S(N)(=O)=O)c4)cc3)ccc2n1. The van der Waals surface area contributed by atoms with Gasteiger partial charge in [-0.05, 0) is 73.7 Å². The van der Waals surface area contributed by atoms with Crippen LogP contribution in [0.5, 0.6) is 0 Å². The Morgan fingerprint density at radius 3 is 1.97 bits per heavy atom. The molecule has 0 spiro atoms. The molecule has 0 aliphatic heterocycles. The van der Waals surface area contributed by atoms with E-state index in [-0.39, 0.29) is 21.4 Å². The lowest BCUT2D eigenvalue weighted by Gasteiger charge is -2.10. The summed E-state index contributed by atoms with van der Waals surface area (Å²) in [7, 11) is -4.08. The maximum Gasteiger partial charge on any atom is 0.255 e. The molecule has 0 radical (unpaired) electrons. The highest BCUT2D eigenvalue weighted by molar-refractivity contribution is 7.89. The molecule has 1 aromatic heterocycles. The number of hydrogen-bond acceptors (Lipinski definition) is 6. The van der Waals surface area contributed by atoms with E-state index in [1.165, 1.54) is 12.1 Å². The van der Waals surface area contributed by atoms with Gasteiger partial charge in [-0.3, -0.25) is 14.6 Å². The number of hydrogen-bond donors (Lipinski definition) is 4. The highest BCUT2D eigenvalue weighted by Crippen LogP contribution is 2.24. The molecule has 178 valence electrons. The van der Waals surface area contributed by atoms with Crippen LogP contribution in [0.15, 0.2) is 71.6 Å². The summed E-state index contributed by atoms with van der Waals surface area (Å²) in [5.41, 5.74) is 9.52. The maximum atomic E-state index is 12.7. The van der Waals surface area contributed by atoms with Crippen LogP contribution in [0.4, 0.5) is 17.1 Å². The highest BCUT2D eigenvalue weighted by atomic mass is 35.5. The minimum atomic E-state index is -4.08. The first-order chi connectivity index (χ1) is 16.5. The fourth-order valence-electron chi connectivity index (χ4n) is 3.44. The summed E-state index contributed by atoms with van der Waals surface area (Å²) in [6, 6.07) is 17.0. The van der Waals surface area contributed by atoms with E-state index in [1.807, 2.05) is 6.92 Å². The number of anilines is 3. The number of carbonyl (C=O) groups is 2. The van der Waals surface area contributed by atoms with Crippen molar-refractivity contribution in [2.45, 2.75) is 11.8 Å². The monoisotopic (exact) mass is 509 g/mol. The van der Waals surface area contributed by atoms with Gasteiger partial charge in [-0.2, -0.15) is 0 Å². The lowest BCUT2D eigenvalue weighted by atomic mass is 10.1. The molecule has 6 N–H and O–H groups in total. The lowest BCUT2D eigenvalue weighted by Crippen LogP contribution is -2.16. The Labute approximate surface area is 206 Å². The van der Waals surface area contributed by atoms with Crippen LogP contribution in [0.25, 0.3) is 10.9 Å². The summed E-state index contributed by atoms with van der Waals surface area (Å²) < 4.78 is 23.3. The van der Waals surface area contributed by atoms with Crippen molar-refractivity contribution in [3.63, 3.8) is 0 Å². The molecular formula is C24H20ClN5O4S. The minimum Gasteiger partial charge on any atom is -0.398 e. The lowest BCUT2D eigenvalue weighted by molar-refractivity contribution is 0.101. The summed E-state index contributed by atoms with van der Waals surface area (Å²) in [6.07, 6.45) is 0. The van der Waals surface area contributed by atoms with Crippen LogP contribution in [-0.4, -0.2) is 25.2 Å². The van der Waals surface area contributed by atoms with Gasteiger partial charge in [0.2, 0.25) is 10.0 Å². The van der Waals surface area contributed by atoms with Gasteiger partial charge in [-0.1, -0.05) is 11.6 Å². The van der Waals surface area contributed by atoms with Crippen molar-refractivity contribution < 1.29 is 18.0 Å². The highest BCUT2D eigenvalue weighted by Gasteiger charge is 2.17.